The van der Waals surface area contributed by atoms with Crippen molar-refractivity contribution in [1.29, 1.82) is 0 Å². The average molecular weight is 391 g/mol. The molecule has 0 aliphatic carbocycles. The summed E-state index contributed by atoms with van der Waals surface area (Å²) in [5, 5.41) is 0. The van der Waals surface area contributed by atoms with Gasteiger partial charge in [0.15, 0.2) is 11.5 Å². The topological polar surface area (TPSA) is 48.0 Å². The number of rotatable bonds is 9. The van der Waals surface area contributed by atoms with E-state index in [-0.39, 0.29) is 18.8 Å². The van der Waals surface area contributed by atoms with Crippen LogP contribution in [0.5, 0.6) is 11.5 Å². The van der Waals surface area contributed by atoms with Crippen molar-refractivity contribution >= 4 is 13.0 Å². The van der Waals surface area contributed by atoms with E-state index in [4.69, 9.17) is 14.2 Å². The minimum Gasteiger partial charge on any atom is -0.454 e. The van der Waals surface area contributed by atoms with Crippen molar-refractivity contribution in [2.45, 2.75) is 65.8 Å². The predicted molar refractivity (Wildman–Crippen MR) is 109 cm³/mol. The first kappa shape index (κ1) is 22.3. The fraction of sp³-hybridized carbons (Fsp3) is 0.571. The van der Waals surface area contributed by atoms with Crippen molar-refractivity contribution in [2.75, 3.05) is 13.8 Å². The lowest BCUT2D eigenvalue weighted by molar-refractivity contribution is -0.139. The zero-order chi connectivity index (χ0) is 20.8. The molecule has 0 spiro atoms. The van der Waals surface area contributed by atoms with Crippen LogP contribution < -0.4 is 9.47 Å². The van der Waals surface area contributed by atoms with Gasteiger partial charge < -0.3 is 23.4 Å². The second-order valence-electron chi connectivity index (χ2n) is 7.49. The van der Waals surface area contributed by atoms with E-state index in [1.54, 1.807) is 13.7 Å². The van der Waals surface area contributed by atoms with E-state index in [1.165, 1.54) is 0 Å². The van der Waals surface area contributed by atoms with E-state index >= 15 is 0 Å². The van der Waals surface area contributed by atoms with Crippen LogP contribution in [-0.2, 0) is 16.0 Å². The molecule has 2 rings (SSSR count). The van der Waals surface area contributed by atoms with Gasteiger partial charge in [-0.15, -0.1) is 0 Å². The van der Waals surface area contributed by atoms with Crippen LogP contribution in [0.15, 0.2) is 29.5 Å². The molecule has 5 nitrogen and oxygen atoms in total. The Bertz CT molecular complexity index is 722. The molecule has 0 saturated heterocycles. The third-order valence-corrected chi connectivity index (χ3v) is 5.26. The summed E-state index contributed by atoms with van der Waals surface area (Å²) in [6.45, 7) is 8.23. The van der Waals surface area contributed by atoms with Gasteiger partial charge in [0.1, 0.15) is 5.76 Å². The number of ether oxygens (including phenoxy) is 3. The van der Waals surface area contributed by atoms with Gasteiger partial charge >= 0.3 is 13.0 Å². The van der Waals surface area contributed by atoms with E-state index in [9.17, 15) is 9.11 Å². The number of likely N-dealkylation sites (N-methyl/N-ethyl adjacent to an activating group) is 1. The Labute approximate surface area is 168 Å². The minimum absolute atomic E-state index is 0.0673. The van der Waals surface area contributed by atoms with Crippen LogP contribution in [0.1, 0.15) is 46.1 Å². The number of hydrogen-bond donors (Lipinski definition) is 0. The van der Waals surface area contributed by atoms with Crippen molar-refractivity contribution in [3.8, 4) is 11.5 Å². The Balaban J connectivity index is 2.12. The molecule has 7 heteroatoms. The average Bonchev–Trinajstić information content (AvgIpc) is 3.09. The first-order valence-corrected chi connectivity index (χ1v) is 9.87. The van der Waals surface area contributed by atoms with Gasteiger partial charge in [-0.25, -0.2) is 0 Å². The van der Waals surface area contributed by atoms with Gasteiger partial charge in [0, 0.05) is 18.4 Å². The van der Waals surface area contributed by atoms with Crippen molar-refractivity contribution in [1.82, 2.24) is 4.90 Å². The molecule has 0 N–H and O–H groups in total. The van der Waals surface area contributed by atoms with Crippen LogP contribution in [0.3, 0.4) is 0 Å². The van der Waals surface area contributed by atoms with Gasteiger partial charge in [-0.05, 0) is 63.9 Å². The Morgan fingerprint density at radius 3 is 2.64 bits per heavy atom. The Morgan fingerprint density at radius 2 is 2.00 bits per heavy atom. The van der Waals surface area contributed by atoms with E-state index in [0.29, 0.717) is 12.2 Å². The highest BCUT2D eigenvalue weighted by Gasteiger charge is 2.32. The summed E-state index contributed by atoms with van der Waals surface area (Å²) in [6.07, 6.45) is 1.82. The largest absolute Gasteiger partial charge is 0.454 e. The summed E-state index contributed by atoms with van der Waals surface area (Å²) in [7, 11) is 1.91. The maximum Gasteiger partial charge on any atom is 0.366 e. The Hall–Kier alpha value is -2.02. The normalized spacial score (nSPS) is 15.9. The highest BCUT2D eigenvalue weighted by Crippen LogP contribution is 2.33. The highest BCUT2D eigenvalue weighted by atomic mass is 19.1. The molecule has 0 aromatic heterocycles. The third-order valence-electron chi connectivity index (χ3n) is 5.26. The minimum atomic E-state index is -1.11. The van der Waals surface area contributed by atoms with Gasteiger partial charge in [0.2, 0.25) is 6.79 Å². The molecule has 1 heterocycles. The van der Waals surface area contributed by atoms with E-state index in [0.717, 1.165) is 35.5 Å². The standard InChI is InChI=1S/C21H31BFNO4/c1-7-8-20(25)28-16(4)15(3)21(22(5)23)24(6)14(2)11-17-9-10-18-19(12-17)27-13-26-18/h9-10,12,14,21H,7-8,11,13H2,1-6H3/b16-15+/t14-,21?/m0/s1. The maximum atomic E-state index is 14.5. The summed E-state index contributed by atoms with van der Waals surface area (Å²) in [5.74, 6) is 1.23. The first-order chi connectivity index (χ1) is 13.2. The third kappa shape index (κ3) is 5.50. The molecule has 1 aromatic carbocycles. The Morgan fingerprint density at radius 1 is 1.32 bits per heavy atom. The molecule has 2 atom stereocenters. The van der Waals surface area contributed by atoms with Crippen molar-refractivity contribution in [2.24, 2.45) is 0 Å². The molecule has 0 fully saturated rings. The second kappa shape index (κ2) is 9.96. The molecular formula is C21H31BFNO4. The van der Waals surface area contributed by atoms with Gasteiger partial charge in [-0.1, -0.05) is 19.8 Å². The van der Waals surface area contributed by atoms with Gasteiger partial charge in [-0.3, -0.25) is 4.79 Å². The zero-order valence-electron chi connectivity index (χ0n) is 17.8. The number of allylic oxidation sites excluding steroid dienone is 1. The Kier molecular flexibility index (Phi) is 7.93. The second-order valence-corrected chi connectivity index (χ2v) is 7.49. The van der Waals surface area contributed by atoms with Crippen LogP contribution in [-0.4, -0.2) is 43.7 Å². The molecular weight excluding hydrogens is 360 g/mol. The number of carbonyl (C=O) groups excluding carboxylic acids is 1. The summed E-state index contributed by atoms with van der Waals surface area (Å²) in [6, 6.07) is 5.95. The van der Waals surface area contributed by atoms with E-state index < -0.39 is 12.9 Å². The van der Waals surface area contributed by atoms with Crippen LogP contribution in [0.4, 0.5) is 4.32 Å². The fourth-order valence-electron chi connectivity index (χ4n) is 3.52. The van der Waals surface area contributed by atoms with Gasteiger partial charge in [0.25, 0.3) is 0 Å². The molecule has 1 aliphatic heterocycles. The quantitative estimate of drug-likeness (QED) is 0.355. The fourth-order valence-corrected chi connectivity index (χ4v) is 3.52. The number of benzene rings is 1. The lowest BCUT2D eigenvalue weighted by atomic mass is 9.62. The molecule has 1 unspecified atom stereocenters. The maximum absolute atomic E-state index is 14.5. The lowest BCUT2D eigenvalue weighted by Gasteiger charge is -2.34. The molecule has 0 saturated carbocycles. The molecule has 1 aliphatic rings. The molecule has 0 radical (unpaired) electrons. The summed E-state index contributed by atoms with van der Waals surface area (Å²) >= 11 is 0. The SMILES string of the molecule is CCCC(=O)O/C(C)=C(\C)C(B(C)F)N(C)[C@@H](C)Cc1ccc2c(c1)OCO2. The van der Waals surface area contributed by atoms with Crippen LogP contribution in [0, 0.1) is 0 Å². The van der Waals surface area contributed by atoms with E-state index in [2.05, 4.69) is 6.92 Å². The van der Waals surface area contributed by atoms with Crippen LogP contribution in [0.25, 0.3) is 0 Å². The van der Waals surface area contributed by atoms with Crippen molar-refractivity contribution in [3.63, 3.8) is 0 Å². The van der Waals surface area contributed by atoms with Crippen LogP contribution >= 0.6 is 0 Å². The number of carbonyl (C=O) groups is 1. The summed E-state index contributed by atoms with van der Waals surface area (Å²) < 4.78 is 30.7. The van der Waals surface area contributed by atoms with Crippen LogP contribution in [0.2, 0.25) is 6.82 Å². The van der Waals surface area contributed by atoms with Gasteiger partial charge in [0.05, 0.1) is 0 Å². The predicted octanol–water partition coefficient (Wildman–Crippen LogP) is 4.41. The number of halogens is 1. The van der Waals surface area contributed by atoms with Gasteiger partial charge in [-0.2, -0.15) is 0 Å². The van der Waals surface area contributed by atoms with Crippen molar-refractivity contribution < 1.29 is 23.3 Å². The molecule has 1 aromatic rings. The molecule has 0 amide bonds. The van der Waals surface area contributed by atoms with Crippen molar-refractivity contribution in [3.05, 3.63) is 35.1 Å². The molecule has 28 heavy (non-hydrogen) atoms. The molecule has 0 bridgehead atoms. The lowest BCUT2D eigenvalue weighted by Crippen LogP contribution is -2.47. The monoisotopic (exact) mass is 391 g/mol. The molecule has 154 valence electrons. The summed E-state index contributed by atoms with van der Waals surface area (Å²) in [4.78, 5) is 13.8. The zero-order valence-corrected chi connectivity index (χ0v) is 17.8. The van der Waals surface area contributed by atoms with E-state index in [1.807, 2.05) is 44.0 Å². The highest BCUT2D eigenvalue weighted by molar-refractivity contribution is 6.52. The number of nitrogens with zero attached hydrogens (tertiary/aromatic N) is 1. The summed E-state index contributed by atoms with van der Waals surface area (Å²) in [5.41, 5.74) is 1.83. The number of esters is 1. The first-order valence-electron chi connectivity index (χ1n) is 9.87. The number of hydrogen-bond acceptors (Lipinski definition) is 5. The smallest absolute Gasteiger partial charge is 0.366 e. The number of fused-ring (bicyclic) bond motifs is 1.